The Labute approximate surface area is 222 Å². The molecule has 8 heteroatoms. The molecule has 0 unspecified atom stereocenters. The van der Waals surface area contributed by atoms with Gasteiger partial charge in [-0.3, -0.25) is 4.79 Å². The van der Waals surface area contributed by atoms with Gasteiger partial charge in [-0.1, -0.05) is 58.4 Å². The Bertz CT molecular complexity index is 1290. The highest BCUT2D eigenvalue weighted by atomic mass is 79.9. The highest BCUT2D eigenvalue weighted by Gasteiger charge is 2.30. The minimum Gasteiger partial charge on any atom is -0.368 e. The first-order valence-electron chi connectivity index (χ1n) is 12.1. The number of hydrogen-bond acceptors (Lipinski definition) is 4. The monoisotopic (exact) mass is 569 g/mol. The van der Waals surface area contributed by atoms with Gasteiger partial charge in [0.1, 0.15) is 0 Å². The Kier molecular flexibility index (Phi) is 8.49. The lowest BCUT2D eigenvalue weighted by atomic mass is 10.1. The molecule has 1 amide bonds. The summed E-state index contributed by atoms with van der Waals surface area (Å²) in [4.78, 5) is 17.6. The van der Waals surface area contributed by atoms with E-state index in [2.05, 4.69) is 52.9 Å². The molecular formula is C28H32BrN3O3S. The second kappa shape index (κ2) is 11.6. The number of anilines is 1. The molecule has 0 radical (unpaired) electrons. The van der Waals surface area contributed by atoms with Gasteiger partial charge in [-0.25, -0.2) is 8.42 Å². The van der Waals surface area contributed by atoms with Crippen molar-refractivity contribution < 1.29 is 13.2 Å². The third kappa shape index (κ3) is 6.17. The van der Waals surface area contributed by atoms with Crippen LogP contribution in [0.15, 0.2) is 82.2 Å². The van der Waals surface area contributed by atoms with E-state index >= 15 is 0 Å². The number of sulfonamides is 1. The van der Waals surface area contributed by atoms with Crippen LogP contribution in [0.5, 0.6) is 0 Å². The van der Waals surface area contributed by atoms with Crippen LogP contribution in [0.3, 0.4) is 0 Å². The van der Waals surface area contributed by atoms with Crippen LogP contribution < -0.4 is 4.90 Å². The average Bonchev–Trinajstić information content (AvgIpc) is 2.89. The van der Waals surface area contributed by atoms with Crippen molar-refractivity contribution in [1.29, 1.82) is 0 Å². The molecule has 6 nitrogen and oxygen atoms in total. The molecule has 0 spiro atoms. The number of hydrogen-bond donors (Lipinski definition) is 0. The van der Waals surface area contributed by atoms with Crippen molar-refractivity contribution in [2.24, 2.45) is 0 Å². The van der Waals surface area contributed by atoms with Crippen LogP contribution in [-0.2, 0) is 21.2 Å². The number of carbonyl (C=O) groups excluding carboxylic acids is 1. The molecule has 1 fully saturated rings. The molecule has 0 bridgehead atoms. The first-order chi connectivity index (χ1) is 17.3. The number of halogens is 1. The number of benzene rings is 3. The summed E-state index contributed by atoms with van der Waals surface area (Å²) in [5, 5.41) is 0. The quantitative estimate of drug-likeness (QED) is 0.396. The van der Waals surface area contributed by atoms with E-state index in [0.717, 1.165) is 23.1 Å². The summed E-state index contributed by atoms with van der Waals surface area (Å²) in [5.41, 5.74) is 4.73. The highest BCUT2D eigenvalue weighted by molar-refractivity contribution is 9.10. The summed E-state index contributed by atoms with van der Waals surface area (Å²) >= 11 is 3.36. The molecule has 1 aliphatic rings. The predicted molar refractivity (Wildman–Crippen MR) is 148 cm³/mol. The molecule has 0 saturated carbocycles. The van der Waals surface area contributed by atoms with E-state index in [0.29, 0.717) is 19.5 Å². The van der Waals surface area contributed by atoms with Gasteiger partial charge in [0.15, 0.2) is 0 Å². The lowest BCUT2D eigenvalue weighted by molar-refractivity contribution is -0.131. The molecule has 3 aromatic rings. The Morgan fingerprint density at radius 1 is 0.889 bits per heavy atom. The SMILES string of the molecule is Cc1cccc(N2CCN(C(=O)CN(CCc3ccccc3)S(=O)(=O)c3ccc(Br)cc3)CC2)c1C. The second-order valence-corrected chi connectivity index (χ2v) is 12.0. The molecule has 190 valence electrons. The molecule has 3 aromatic carbocycles. The molecular weight excluding hydrogens is 538 g/mol. The molecule has 36 heavy (non-hydrogen) atoms. The van der Waals surface area contributed by atoms with E-state index in [-0.39, 0.29) is 23.9 Å². The molecule has 0 atom stereocenters. The first-order valence-corrected chi connectivity index (χ1v) is 14.4. The Morgan fingerprint density at radius 3 is 2.22 bits per heavy atom. The van der Waals surface area contributed by atoms with Crippen LogP contribution in [0.25, 0.3) is 0 Å². The number of amides is 1. The average molecular weight is 571 g/mol. The minimum absolute atomic E-state index is 0.163. The molecule has 0 aromatic heterocycles. The van der Waals surface area contributed by atoms with E-state index < -0.39 is 10.0 Å². The number of piperazine rings is 1. The van der Waals surface area contributed by atoms with Crippen molar-refractivity contribution in [1.82, 2.24) is 9.21 Å². The summed E-state index contributed by atoms with van der Waals surface area (Å²) in [6.07, 6.45) is 0.532. The fourth-order valence-corrected chi connectivity index (χ4v) is 6.12. The minimum atomic E-state index is -3.83. The van der Waals surface area contributed by atoms with Crippen molar-refractivity contribution in [2.75, 3.05) is 44.2 Å². The molecule has 0 aliphatic carbocycles. The standard InChI is InChI=1S/C28H32BrN3O3S/c1-22-7-6-10-27(23(22)2)30-17-19-31(20-18-30)28(33)21-32(16-15-24-8-4-3-5-9-24)36(34,35)26-13-11-25(29)12-14-26/h3-14H,15-21H2,1-2H3. The summed E-state index contributed by atoms with van der Waals surface area (Å²) in [6.45, 7) is 6.87. The van der Waals surface area contributed by atoms with Crippen LogP contribution in [0.2, 0.25) is 0 Å². The van der Waals surface area contributed by atoms with Crippen molar-refractivity contribution in [3.8, 4) is 0 Å². The normalized spacial score (nSPS) is 14.3. The zero-order chi connectivity index (χ0) is 25.7. The lowest BCUT2D eigenvalue weighted by Crippen LogP contribution is -2.52. The summed E-state index contributed by atoms with van der Waals surface area (Å²) < 4.78 is 29.2. The van der Waals surface area contributed by atoms with Gasteiger partial charge in [0, 0.05) is 42.9 Å². The van der Waals surface area contributed by atoms with Gasteiger partial charge < -0.3 is 9.80 Å². The van der Waals surface area contributed by atoms with Crippen LogP contribution in [0, 0.1) is 13.8 Å². The Balaban J connectivity index is 1.47. The zero-order valence-electron chi connectivity index (χ0n) is 20.7. The fourth-order valence-electron chi connectivity index (χ4n) is 4.46. The van der Waals surface area contributed by atoms with E-state index in [1.54, 1.807) is 29.2 Å². The Hall–Kier alpha value is -2.68. The van der Waals surface area contributed by atoms with E-state index in [4.69, 9.17) is 0 Å². The van der Waals surface area contributed by atoms with Gasteiger partial charge in [0.25, 0.3) is 0 Å². The van der Waals surface area contributed by atoms with Gasteiger partial charge in [-0.15, -0.1) is 0 Å². The zero-order valence-corrected chi connectivity index (χ0v) is 23.1. The predicted octanol–water partition coefficient (Wildman–Crippen LogP) is 4.65. The number of rotatable bonds is 8. The topological polar surface area (TPSA) is 60.9 Å². The van der Waals surface area contributed by atoms with Crippen LogP contribution in [-0.4, -0.2) is 62.8 Å². The Morgan fingerprint density at radius 2 is 1.56 bits per heavy atom. The maximum Gasteiger partial charge on any atom is 0.243 e. The van der Waals surface area contributed by atoms with Crippen molar-refractivity contribution in [3.05, 3.63) is 94.0 Å². The van der Waals surface area contributed by atoms with Gasteiger partial charge in [0.2, 0.25) is 15.9 Å². The van der Waals surface area contributed by atoms with Gasteiger partial charge in [-0.05, 0) is 67.3 Å². The summed E-state index contributed by atoms with van der Waals surface area (Å²) in [6, 6.07) is 22.6. The van der Waals surface area contributed by atoms with Crippen LogP contribution in [0.1, 0.15) is 16.7 Å². The highest BCUT2D eigenvalue weighted by Crippen LogP contribution is 2.24. The van der Waals surface area contributed by atoms with E-state index in [1.807, 2.05) is 30.3 Å². The third-order valence-electron chi connectivity index (χ3n) is 6.80. The summed E-state index contributed by atoms with van der Waals surface area (Å²) in [5.74, 6) is -0.163. The maximum absolute atomic E-state index is 13.5. The molecule has 4 rings (SSSR count). The van der Waals surface area contributed by atoms with Gasteiger partial charge in [0.05, 0.1) is 11.4 Å². The van der Waals surface area contributed by atoms with Gasteiger partial charge >= 0.3 is 0 Å². The van der Waals surface area contributed by atoms with Gasteiger partial charge in [-0.2, -0.15) is 4.31 Å². The van der Waals surface area contributed by atoms with E-state index in [9.17, 15) is 13.2 Å². The lowest BCUT2D eigenvalue weighted by Gasteiger charge is -2.37. The van der Waals surface area contributed by atoms with Crippen molar-refractivity contribution in [2.45, 2.75) is 25.2 Å². The molecule has 1 heterocycles. The first kappa shape index (κ1) is 26.4. The summed E-state index contributed by atoms with van der Waals surface area (Å²) in [7, 11) is -3.83. The third-order valence-corrected chi connectivity index (χ3v) is 9.19. The fraction of sp³-hybridized carbons (Fsp3) is 0.321. The second-order valence-electron chi connectivity index (χ2n) is 9.11. The smallest absolute Gasteiger partial charge is 0.243 e. The van der Waals surface area contributed by atoms with Crippen molar-refractivity contribution in [3.63, 3.8) is 0 Å². The maximum atomic E-state index is 13.5. The largest absolute Gasteiger partial charge is 0.368 e. The van der Waals surface area contributed by atoms with Crippen LogP contribution in [0.4, 0.5) is 5.69 Å². The number of aryl methyl sites for hydroxylation is 1. The number of carbonyl (C=O) groups is 1. The van der Waals surface area contributed by atoms with Crippen molar-refractivity contribution >= 4 is 37.5 Å². The molecule has 0 N–H and O–H groups in total. The van der Waals surface area contributed by atoms with Crippen LogP contribution >= 0.6 is 15.9 Å². The van der Waals surface area contributed by atoms with E-state index in [1.165, 1.54) is 21.1 Å². The molecule has 1 aliphatic heterocycles. The molecule has 1 saturated heterocycles. The number of nitrogens with zero attached hydrogens (tertiary/aromatic N) is 3.